The van der Waals surface area contributed by atoms with Gasteiger partial charge in [0.05, 0.1) is 15.7 Å². The van der Waals surface area contributed by atoms with E-state index in [9.17, 15) is 0 Å². The zero-order valence-electron chi connectivity index (χ0n) is 16.1. The first-order chi connectivity index (χ1) is 12.1. The van der Waals surface area contributed by atoms with E-state index in [4.69, 9.17) is 0 Å². The summed E-state index contributed by atoms with van der Waals surface area (Å²) in [6, 6.07) is 0. The number of hydrogen-bond acceptors (Lipinski definition) is 5. The van der Waals surface area contributed by atoms with Crippen LogP contribution < -0.4 is 10.6 Å². The SMILES string of the molecule is CCNC(=NCCCCc1nc(C)cs1)NCCc1nc(C)c(C)s1.I. The lowest BCUT2D eigenvalue weighted by atomic mass is 10.2. The third kappa shape index (κ3) is 8.30. The van der Waals surface area contributed by atoms with E-state index in [0.717, 1.165) is 62.7 Å². The van der Waals surface area contributed by atoms with Gasteiger partial charge in [-0.05, 0) is 47.0 Å². The Hall–Kier alpha value is -0.740. The molecule has 146 valence electrons. The average Bonchev–Trinajstić information content (AvgIpc) is 3.12. The summed E-state index contributed by atoms with van der Waals surface area (Å²) in [5, 5.41) is 11.3. The minimum absolute atomic E-state index is 0. The Kier molecular flexibility index (Phi) is 11.3. The zero-order valence-corrected chi connectivity index (χ0v) is 20.1. The highest BCUT2D eigenvalue weighted by Crippen LogP contribution is 2.16. The second-order valence-corrected chi connectivity index (χ2v) is 8.26. The van der Waals surface area contributed by atoms with Crippen molar-refractivity contribution in [3.8, 4) is 0 Å². The lowest BCUT2D eigenvalue weighted by Crippen LogP contribution is -2.38. The highest BCUT2D eigenvalue weighted by atomic mass is 127. The van der Waals surface area contributed by atoms with Crippen molar-refractivity contribution in [2.45, 2.75) is 53.4 Å². The number of nitrogens with one attached hydrogen (secondary N) is 2. The van der Waals surface area contributed by atoms with Crippen LogP contribution in [-0.4, -0.2) is 35.6 Å². The van der Waals surface area contributed by atoms with Crippen molar-refractivity contribution in [1.82, 2.24) is 20.6 Å². The number of aromatic nitrogens is 2. The van der Waals surface area contributed by atoms with Crippen LogP contribution in [0, 0.1) is 20.8 Å². The number of thiazole rings is 2. The number of aliphatic imine (C=N–C) groups is 1. The molecule has 8 heteroatoms. The normalized spacial score (nSPS) is 11.3. The van der Waals surface area contributed by atoms with E-state index in [1.807, 2.05) is 6.92 Å². The van der Waals surface area contributed by atoms with E-state index >= 15 is 0 Å². The summed E-state index contributed by atoms with van der Waals surface area (Å²) >= 11 is 3.54. The fourth-order valence-electron chi connectivity index (χ4n) is 2.37. The molecule has 2 heterocycles. The Morgan fingerprint density at radius 2 is 1.88 bits per heavy atom. The molecule has 0 radical (unpaired) electrons. The number of aryl methyl sites for hydroxylation is 4. The van der Waals surface area contributed by atoms with Gasteiger partial charge in [-0.3, -0.25) is 4.99 Å². The monoisotopic (exact) mass is 507 g/mol. The quantitative estimate of drug-likeness (QED) is 0.231. The van der Waals surface area contributed by atoms with Gasteiger partial charge in [-0.25, -0.2) is 9.97 Å². The fraction of sp³-hybridized carbons (Fsp3) is 0.611. The van der Waals surface area contributed by atoms with Crippen molar-refractivity contribution in [2.24, 2.45) is 4.99 Å². The molecule has 2 aromatic rings. The molecule has 2 N–H and O–H groups in total. The number of halogens is 1. The van der Waals surface area contributed by atoms with Crippen molar-refractivity contribution in [2.75, 3.05) is 19.6 Å². The highest BCUT2D eigenvalue weighted by molar-refractivity contribution is 14.0. The third-order valence-corrected chi connectivity index (χ3v) is 5.94. The highest BCUT2D eigenvalue weighted by Gasteiger charge is 2.04. The van der Waals surface area contributed by atoms with Crippen molar-refractivity contribution in [3.05, 3.63) is 31.7 Å². The zero-order chi connectivity index (χ0) is 18.1. The van der Waals surface area contributed by atoms with Crippen LogP contribution in [-0.2, 0) is 12.8 Å². The Balaban J connectivity index is 0.00000338. The van der Waals surface area contributed by atoms with Crippen LogP contribution in [0.3, 0.4) is 0 Å². The molecule has 0 atom stereocenters. The van der Waals surface area contributed by atoms with Crippen molar-refractivity contribution in [3.63, 3.8) is 0 Å². The summed E-state index contributed by atoms with van der Waals surface area (Å²) < 4.78 is 0. The smallest absolute Gasteiger partial charge is 0.191 e. The molecule has 0 amide bonds. The topological polar surface area (TPSA) is 62.2 Å². The molecule has 0 aliphatic carbocycles. The van der Waals surface area contributed by atoms with Crippen LogP contribution >= 0.6 is 46.7 Å². The number of hydrogen-bond donors (Lipinski definition) is 2. The lowest BCUT2D eigenvalue weighted by molar-refractivity contribution is 0.727. The van der Waals surface area contributed by atoms with E-state index < -0.39 is 0 Å². The summed E-state index contributed by atoms with van der Waals surface area (Å²) in [7, 11) is 0. The van der Waals surface area contributed by atoms with E-state index in [-0.39, 0.29) is 24.0 Å². The largest absolute Gasteiger partial charge is 0.357 e. The van der Waals surface area contributed by atoms with Gasteiger partial charge in [-0.15, -0.1) is 46.7 Å². The van der Waals surface area contributed by atoms with Crippen LogP contribution in [0.25, 0.3) is 0 Å². The van der Waals surface area contributed by atoms with Gasteiger partial charge in [0, 0.05) is 42.0 Å². The second kappa shape index (κ2) is 12.6. The maximum atomic E-state index is 4.66. The van der Waals surface area contributed by atoms with Crippen LogP contribution in [0.4, 0.5) is 0 Å². The molecule has 2 aromatic heterocycles. The number of guanidine groups is 1. The minimum Gasteiger partial charge on any atom is -0.357 e. The molecule has 5 nitrogen and oxygen atoms in total. The van der Waals surface area contributed by atoms with Gasteiger partial charge in [0.2, 0.25) is 0 Å². The Bertz CT molecular complexity index is 661. The van der Waals surface area contributed by atoms with Crippen molar-refractivity contribution < 1.29 is 0 Å². The maximum absolute atomic E-state index is 4.66. The molecule has 0 bridgehead atoms. The molecule has 26 heavy (non-hydrogen) atoms. The summed E-state index contributed by atoms with van der Waals surface area (Å²) in [6.45, 7) is 10.9. The molecule has 0 fully saturated rings. The summed E-state index contributed by atoms with van der Waals surface area (Å²) in [5.74, 6) is 0.901. The first kappa shape index (κ1) is 23.3. The van der Waals surface area contributed by atoms with Gasteiger partial charge in [0.15, 0.2) is 5.96 Å². The van der Waals surface area contributed by atoms with Gasteiger partial charge in [0.25, 0.3) is 0 Å². The fourth-order valence-corrected chi connectivity index (χ4v) is 4.12. The molecule has 0 aliphatic heterocycles. The third-order valence-electron chi connectivity index (χ3n) is 3.78. The van der Waals surface area contributed by atoms with Crippen LogP contribution in [0.2, 0.25) is 0 Å². The van der Waals surface area contributed by atoms with E-state index in [2.05, 4.69) is 51.7 Å². The molecule has 0 saturated heterocycles. The standard InChI is InChI=1S/C18H29N5S2.HI/c1-5-19-18(21-11-9-17-23-14(3)15(4)25-17)20-10-7-6-8-16-22-13(2)12-24-16;/h12H,5-11H2,1-4H3,(H2,19,20,21);1H. The Morgan fingerprint density at radius 3 is 2.50 bits per heavy atom. The number of rotatable bonds is 9. The van der Waals surface area contributed by atoms with Crippen LogP contribution in [0.5, 0.6) is 0 Å². The number of nitrogens with zero attached hydrogens (tertiary/aromatic N) is 3. The van der Waals surface area contributed by atoms with Crippen molar-refractivity contribution in [1.29, 1.82) is 0 Å². The summed E-state index contributed by atoms with van der Waals surface area (Å²) in [6.07, 6.45) is 4.21. The predicted molar refractivity (Wildman–Crippen MR) is 124 cm³/mol. The first-order valence-electron chi connectivity index (χ1n) is 8.94. The molecule has 0 unspecified atom stereocenters. The Labute approximate surface area is 182 Å². The minimum atomic E-state index is 0. The van der Waals surface area contributed by atoms with E-state index in [0.29, 0.717) is 0 Å². The van der Waals surface area contributed by atoms with Gasteiger partial charge < -0.3 is 10.6 Å². The van der Waals surface area contributed by atoms with E-state index in [1.165, 1.54) is 14.9 Å². The van der Waals surface area contributed by atoms with Gasteiger partial charge in [-0.2, -0.15) is 0 Å². The summed E-state index contributed by atoms with van der Waals surface area (Å²) in [5.41, 5.74) is 2.28. The molecule has 0 saturated carbocycles. The predicted octanol–water partition coefficient (Wildman–Crippen LogP) is 4.26. The first-order valence-corrected chi connectivity index (χ1v) is 10.6. The molecule has 0 aliphatic rings. The number of unbranched alkanes of at least 4 members (excludes halogenated alkanes) is 1. The Morgan fingerprint density at radius 1 is 1.08 bits per heavy atom. The molecule has 0 aromatic carbocycles. The molecular formula is C18H30IN5S2. The molecule has 2 rings (SSSR count). The average molecular weight is 508 g/mol. The van der Waals surface area contributed by atoms with Gasteiger partial charge >= 0.3 is 0 Å². The van der Waals surface area contributed by atoms with Gasteiger partial charge in [-0.1, -0.05) is 0 Å². The van der Waals surface area contributed by atoms with Gasteiger partial charge in [0.1, 0.15) is 0 Å². The maximum Gasteiger partial charge on any atom is 0.191 e. The van der Waals surface area contributed by atoms with E-state index in [1.54, 1.807) is 22.7 Å². The summed E-state index contributed by atoms with van der Waals surface area (Å²) in [4.78, 5) is 15.1. The second-order valence-electron chi connectivity index (χ2n) is 6.03. The van der Waals surface area contributed by atoms with Crippen LogP contribution in [0.15, 0.2) is 10.4 Å². The van der Waals surface area contributed by atoms with Crippen LogP contribution in [0.1, 0.15) is 46.0 Å². The lowest BCUT2D eigenvalue weighted by Gasteiger charge is -2.10. The molecular weight excluding hydrogens is 477 g/mol. The molecule has 0 spiro atoms. The van der Waals surface area contributed by atoms with Crippen molar-refractivity contribution >= 4 is 52.6 Å².